The van der Waals surface area contributed by atoms with Gasteiger partial charge in [0.15, 0.2) is 17.7 Å². The third-order valence-electron chi connectivity index (χ3n) is 8.59. The summed E-state index contributed by atoms with van der Waals surface area (Å²) >= 11 is 5.71. The molecule has 0 aliphatic carbocycles. The molecule has 0 bridgehead atoms. The number of carbonyl (C=O) groups is 1. The van der Waals surface area contributed by atoms with E-state index in [1.165, 1.54) is 6.20 Å². The molecule has 5 rings (SSSR count). The number of hydrogen-bond donors (Lipinski definition) is 2. The number of hydrogen-bond acceptors (Lipinski definition) is 8. The molecule has 2 heterocycles. The van der Waals surface area contributed by atoms with Crippen molar-refractivity contribution in [2.45, 2.75) is 70.9 Å². The van der Waals surface area contributed by atoms with Crippen LogP contribution in [0.4, 0.5) is 23.8 Å². The van der Waals surface area contributed by atoms with E-state index in [2.05, 4.69) is 35.3 Å². The van der Waals surface area contributed by atoms with Crippen molar-refractivity contribution in [1.82, 2.24) is 20.2 Å². The summed E-state index contributed by atoms with van der Waals surface area (Å²) in [6.07, 6.45) is -2.10. The molecule has 0 spiro atoms. The molecule has 288 valence electrons. The first-order chi connectivity index (χ1) is 25.7. The van der Waals surface area contributed by atoms with Crippen LogP contribution in [-0.2, 0) is 28.9 Å². The summed E-state index contributed by atoms with van der Waals surface area (Å²) in [5.74, 6) is 0.228. The minimum absolute atomic E-state index is 0.0457. The standard InChI is InChI=1S/C39H46F3N5O5SSi/c1-27-20-30(39(40,41)42)21-33(52-26-49-18-19-54(2,3)4)34(27)32-22-43-36(50-24-28-12-7-5-8-13-28)35(45-32)46-37(53)44-31-16-11-17-47(23-31)38(48)51-25-29-14-9-6-10-15-29/h5-10,12-15,20-22,31H,11,16-19,23-26H2,1-4H3,(H2,44,45,46,53). The van der Waals surface area contributed by atoms with E-state index in [1.807, 2.05) is 60.7 Å². The first-order valence-corrected chi connectivity index (χ1v) is 21.9. The van der Waals surface area contributed by atoms with Crippen LogP contribution < -0.4 is 20.1 Å². The number of rotatable bonds is 14. The summed E-state index contributed by atoms with van der Waals surface area (Å²) in [4.78, 5) is 23.8. The lowest BCUT2D eigenvalue weighted by Crippen LogP contribution is -2.50. The molecule has 10 nitrogen and oxygen atoms in total. The Balaban J connectivity index is 1.35. The van der Waals surface area contributed by atoms with Crippen molar-refractivity contribution in [3.8, 4) is 22.9 Å². The zero-order valence-corrected chi connectivity index (χ0v) is 32.7. The summed E-state index contributed by atoms with van der Waals surface area (Å²) in [6, 6.07) is 21.6. The van der Waals surface area contributed by atoms with E-state index in [9.17, 15) is 18.0 Å². The second kappa shape index (κ2) is 18.5. The van der Waals surface area contributed by atoms with Crippen molar-refractivity contribution in [2.75, 3.05) is 31.8 Å². The van der Waals surface area contributed by atoms with E-state index in [1.54, 1.807) is 11.8 Å². The summed E-state index contributed by atoms with van der Waals surface area (Å²) in [6.45, 7) is 9.64. The largest absolute Gasteiger partial charge is 0.470 e. The minimum Gasteiger partial charge on any atom is -0.470 e. The van der Waals surface area contributed by atoms with Crippen molar-refractivity contribution >= 4 is 37.3 Å². The van der Waals surface area contributed by atoms with Crippen molar-refractivity contribution < 1.29 is 36.9 Å². The number of aromatic nitrogens is 2. The van der Waals surface area contributed by atoms with Gasteiger partial charge in [-0.1, -0.05) is 80.3 Å². The zero-order chi connectivity index (χ0) is 38.7. The number of aryl methyl sites for hydroxylation is 1. The fraction of sp³-hybridized carbons (Fsp3) is 0.385. The van der Waals surface area contributed by atoms with Crippen LogP contribution >= 0.6 is 12.2 Å². The van der Waals surface area contributed by atoms with Crippen LogP contribution in [-0.4, -0.2) is 66.7 Å². The van der Waals surface area contributed by atoms with E-state index in [0.717, 1.165) is 42.1 Å². The Bertz CT molecular complexity index is 1870. The van der Waals surface area contributed by atoms with Gasteiger partial charge in [0.2, 0.25) is 0 Å². The average molecular weight is 782 g/mol. The number of benzene rings is 3. The molecule has 1 fully saturated rings. The van der Waals surface area contributed by atoms with Gasteiger partial charge in [-0.3, -0.25) is 0 Å². The first kappa shape index (κ1) is 40.5. The molecule has 1 atom stereocenters. The molecular weight excluding hydrogens is 736 g/mol. The van der Waals surface area contributed by atoms with Crippen LogP contribution in [0.2, 0.25) is 25.7 Å². The van der Waals surface area contributed by atoms with Gasteiger partial charge in [0.1, 0.15) is 19.0 Å². The van der Waals surface area contributed by atoms with Crippen molar-refractivity contribution in [3.63, 3.8) is 0 Å². The third kappa shape index (κ3) is 12.1. The van der Waals surface area contributed by atoms with Gasteiger partial charge in [0.05, 0.1) is 17.5 Å². The molecule has 1 unspecified atom stereocenters. The molecule has 0 radical (unpaired) electrons. The number of nitrogens with one attached hydrogen (secondary N) is 2. The van der Waals surface area contributed by atoms with Crippen LogP contribution in [0, 0.1) is 6.92 Å². The highest BCUT2D eigenvalue weighted by Gasteiger charge is 2.33. The van der Waals surface area contributed by atoms with Gasteiger partial charge < -0.3 is 34.5 Å². The number of anilines is 1. The molecule has 0 saturated carbocycles. The predicted molar refractivity (Wildman–Crippen MR) is 208 cm³/mol. The lowest BCUT2D eigenvalue weighted by molar-refractivity contribution is -0.137. The maximum absolute atomic E-state index is 13.9. The number of halogens is 3. The number of alkyl halides is 3. The molecule has 1 aromatic heterocycles. The quantitative estimate of drug-likeness (QED) is 0.0558. The molecule has 4 aromatic rings. The van der Waals surface area contributed by atoms with Gasteiger partial charge in [-0.2, -0.15) is 13.2 Å². The number of thiocarbonyl (C=S) groups is 1. The second-order valence-corrected chi connectivity index (χ2v) is 20.3. The smallest absolute Gasteiger partial charge is 0.416 e. The van der Waals surface area contributed by atoms with Gasteiger partial charge in [-0.15, -0.1) is 0 Å². The Morgan fingerprint density at radius 1 is 1.00 bits per heavy atom. The van der Waals surface area contributed by atoms with Gasteiger partial charge in [0.25, 0.3) is 5.88 Å². The number of likely N-dealkylation sites (tertiary alicyclic amines) is 1. The lowest BCUT2D eigenvalue weighted by Gasteiger charge is -2.33. The molecule has 1 aliphatic heterocycles. The normalized spacial score (nSPS) is 14.6. The van der Waals surface area contributed by atoms with Crippen LogP contribution in [0.5, 0.6) is 11.6 Å². The zero-order valence-electron chi connectivity index (χ0n) is 30.9. The Kier molecular flexibility index (Phi) is 13.9. The highest BCUT2D eigenvalue weighted by molar-refractivity contribution is 7.80. The maximum Gasteiger partial charge on any atom is 0.416 e. The number of carbonyl (C=O) groups excluding carboxylic acids is 1. The van der Waals surface area contributed by atoms with Crippen LogP contribution in [0.3, 0.4) is 0 Å². The van der Waals surface area contributed by atoms with E-state index in [4.69, 9.17) is 36.1 Å². The predicted octanol–water partition coefficient (Wildman–Crippen LogP) is 8.83. The SMILES string of the molecule is Cc1cc(C(F)(F)F)cc(OCOCC[Si](C)(C)C)c1-c1cnc(OCc2ccccc2)c(NC(=S)NC2CCCN(C(=O)OCc3ccccc3)C2)n1. The van der Waals surface area contributed by atoms with Crippen molar-refractivity contribution in [1.29, 1.82) is 0 Å². The van der Waals surface area contributed by atoms with Crippen molar-refractivity contribution in [2.24, 2.45) is 0 Å². The summed E-state index contributed by atoms with van der Waals surface area (Å²) in [7, 11) is -1.39. The lowest BCUT2D eigenvalue weighted by atomic mass is 10.0. The van der Waals surface area contributed by atoms with Gasteiger partial charge in [0, 0.05) is 39.4 Å². The highest BCUT2D eigenvalue weighted by Crippen LogP contribution is 2.40. The van der Waals surface area contributed by atoms with E-state index in [-0.39, 0.29) is 59.9 Å². The van der Waals surface area contributed by atoms with Gasteiger partial charge >= 0.3 is 12.3 Å². The molecule has 54 heavy (non-hydrogen) atoms. The second-order valence-electron chi connectivity index (χ2n) is 14.3. The fourth-order valence-corrected chi connectivity index (χ4v) is 6.73. The molecule has 1 saturated heterocycles. The third-order valence-corrected chi connectivity index (χ3v) is 10.5. The fourth-order valence-electron chi connectivity index (χ4n) is 5.71. The molecule has 1 aliphatic rings. The first-order valence-electron chi connectivity index (χ1n) is 17.7. The van der Waals surface area contributed by atoms with Gasteiger partial charge in [-0.25, -0.2) is 14.8 Å². The van der Waals surface area contributed by atoms with Crippen molar-refractivity contribution in [3.05, 3.63) is 101 Å². The topological polar surface area (TPSA) is 107 Å². The highest BCUT2D eigenvalue weighted by atomic mass is 32.1. The minimum atomic E-state index is -4.60. The Morgan fingerprint density at radius 3 is 2.35 bits per heavy atom. The monoisotopic (exact) mass is 781 g/mol. The maximum atomic E-state index is 13.9. The Morgan fingerprint density at radius 2 is 1.69 bits per heavy atom. The summed E-state index contributed by atoms with van der Waals surface area (Å²) in [5.41, 5.74) is 1.76. The van der Waals surface area contributed by atoms with E-state index in [0.29, 0.717) is 25.3 Å². The number of amides is 1. The van der Waals surface area contributed by atoms with Crippen LogP contribution in [0.15, 0.2) is 79.0 Å². The number of nitrogens with zero attached hydrogens (tertiary/aromatic N) is 3. The summed E-state index contributed by atoms with van der Waals surface area (Å²) < 4.78 is 64.9. The van der Waals surface area contributed by atoms with Gasteiger partial charge in [-0.05, 0) is 66.9 Å². The van der Waals surface area contributed by atoms with E-state index < -0.39 is 25.9 Å². The van der Waals surface area contributed by atoms with Crippen LogP contribution in [0.1, 0.15) is 35.1 Å². The van der Waals surface area contributed by atoms with Crippen LogP contribution in [0.25, 0.3) is 11.3 Å². The average Bonchev–Trinajstić information content (AvgIpc) is 3.13. The number of piperidine rings is 1. The number of ether oxygens (including phenoxy) is 4. The van der Waals surface area contributed by atoms with E-state index >= 15 is 0 Å². The molecular formula is C39H46F3N5O5SSi. The molecule has 1 amide bonds. The summed E-state index contributed by atoms with van der Waals surface area (Å²) in [5, 5.41) is 6.56. The Labute approximate surface area is 320 Å². The Hall–Kier alpha value is -4.73. The molecule has 15 heteroatoms. The molecule has 3 aromatic carbocycles. The molecule has 2 N–H and O–H groups in total.